The van der Waals surface area contributed by atoms with Crippen molar-refractivity contribution in [1.82, 2.24) is 24.1 Å². The SMILES string of the molecule is COc1cccc(-n2c(C)c(C)c3c2ncn2nc(CON=Cc4ccccc4)nc32)c1. The fraction of sp³-hybridized carbons (Fsp3) is 0.167. The molecule has 0 aliphatic rings. The van der Waals surface area contributed by atoms with E-state index in [0.29, 0.717) is 5.82 Å². The fourth-order valence-corrected chi connectivity index (χ4v) is 3.76. The topological polar surface area (TPSA) is 78.8 Å². The van der Waals surface area contributed by atoms with Crippen LogP contribution in [0, 0.1) is 13.8 Å². The number of rotatable bonds is 6. The third-order valence-electron chi connectivity index (χ3n) is 5.46. The third-order valence-corrected chi connectivity index (χ3v) is 5.46. The molecule has 2 aromatic carbocycles. The van der Waals surface area contributed by atoms with E-state index >= 15 is 0 Å². The molecular formula is C24H22N6O2. The van der Waals surface area contributed by atoms with Gasteiger partial charge in [-0.25, -0.2) is 14.5 Å². The molecule has 160 valence electrons. The van der Waals surface area contributed by atoms with Gasteiger partial charge >= 0.3 is 0 Å². The second kappa shape index (κ2) is 8.14. The second-order valence-electron chi connectivity index (χ2n) is 7.41. The predicted octanol–water partition coefficient (Wildman–Crippen LogP) is 4.24. The van der Waals surface area contributed by atoms with E-state index in [-0.39, 0.29) is 6.61 Å². The average Bonchev–Trinajstić information content (AvgIpc) is 3.35. The fourth-order valence-electron chi connectivity index (χ4n) is 3.76. The first-order valence-corrected chi connectivity index (χ1v) is 10.2. The molecule has 5 rings (SSSR count). The molecule has 0 aliphatic heterocycles. The average molecular weight is 426 g/mol. The Labute approximate surface area is 184 Å². The van der Waals surface area contributed by atoms with Gasteiger partial charge in [0, 0.05) is 11.8 Å². The molecule has 0 aliphatic carbocycles. The first-order chi connectivity index (χ1) is 15.7. The van der Waals surface area contributed by atoms with E-state index in [1.807, 2.05) is 54.6 Å². The van der Waals surface area contributed by atoms with Crippen LogP contribution in [0.4, 0.5) is 0 Å². The highest BCUT2D eigenvalue weighted by Gasteiger charge is 2.19. The Kier molecular flexibility index (Phi) is 5.03. The van der Waals surface area contributed by atoms with Gasteiger partial charge in [-0.3, -0.25) is 4.57 Å². The number of nitrogens with zero attached hydrogens (tertiary/aromatic N) is 6. The highest BCUT2D eigenvalue weighted by atomic mass is 16.6. The van der Waals surface area contributed by atoms with Gasteiger partial charge in [-0.1, -0.05) is 41.6 Å². The molecule has 3 heterocycles. The number of methoxy groups -OCH3 is 1. The van der Waals surface area contributed by atoms with Crippen LogP contribution in [0.1, 0.15) is 22.6 Å². The van der Waals surface area contributed by atoms with Gasteiger partial charge in [0.05, 0.1) is 24.4 Å². The highest BCUT2D eigenvalue weighted by molar-refractivity contribution is 5.95. The molecule has 8 nitrogen and oxygen atoms in total. The summed E-state index contributed by atoms with van der Waals surface area (Å²) < 4.78 is 9.20. The lowest BCUT2D eigenvalue weighted by Crippen LogP contribution is -1.99. The van der Waals surface area contributed by atoms with Crippen molar-refractivity contribution in [2.45, 2.75) is 20.5 Å². The summed E-state index contributed by atoms with van der Waals surface area (Å²) in [6.07, 6.45) is 3.34. The van der Waals surface area contributed by atoms with E-state index in [0.717, 1.165) is 44.9 Å². The van der Waals surface area contributed by atoms with Crippen molar-refractivity contribution >= 4 is 22.9 Å². The van der Waals surface area contributed by atoms with Crippen molar-refractivity contribution in [1.29, 1.82) is 0 Å². The minimum Gasteiger partial charge on any atom is -0.497 e. The van der Waals surface area contributed by atoms with E-state index < -0.39 is 0 Å². The molecule has 0 saturated carbocycles. The monoisotopic (exact) mass is 426 g/mol. The number of aryl methyl sites for hydroxylation is 1. The number of hydrogen-bond donors (Lipinski definition) is 0. The number of ether oxygens (including phenoxy) is 1. The molecule has 8 heteroatoms. The summed E-state index contributed by atoms with van der Waals surface area (Å²) in [5, 5.41) is 9.48. The second-order valence-corrected chi connectivity index (χ2v) is 7.41. The molecule has 0 saturated heterocycles. The van der Waals surface area contributed by atoms with Crippen LogP contribution in [-0.4, -0.2) is 37.5 Å². The number of fused-ring (bicyclic) bond motifs is 3. The molecule has 0 unspecified atom stereocenters. The van der Waals surface area contributed by atoms with Crippen LogP contribution in [0.25, 0.3) is 22.4 Å². The van der Waals surface area contributed by atoms with Crippen LogP contribution in [-0.2, 0) is 11.4 Å². The summed E-state index contributed by atoms with van der Waals surface area (Å²) >= 11 is 0. The van der Waals surface area contributed by atoms with Crippen LogP contribution in [0.3, 0.4) is 0 Å². The number of benzene rings is 2. The number of aromatic nitrogens is 5. The molecule has 32 heavy (non-hydrogen) atoms. The Morgan fingerprint density at radius 1 is 1.03 bits per heavy atom. The van der Waals surface area contributed by atoms with Crippen LogP contribution in [0.15, 0.2) is 66.1 Å². The summed E-state index contributed by atoms with van der Waals surface area (Å²) in [4.78, 5) is 14.8. The third kappa shape index (κ3) is 3.45. The summed E-state index contributed by atoms with van der Waals surface area (Å²) in [5.41, 5.74) is 5.69. The standard InChI is InChI=1S/C24H22N6O2/c1-16-17(2)30(19-10-7-11-20(12-19)31-3)23-22(16)24-27-21(28-29(24)15-25-23)14-32-26-13-18-8-5-4-6-9-18/h4-13,15H,14H2,1-3H3. The van der Waals surface area contributed by atoms with Gasteiger partial charge in [0.1, 0.15) is 12.1 Å². The Bertz CT molecular complexity index is 1440. The molecule has 0 bridgehead atoms. The van der Waals surface area contributed by atoms with Crippen LogP contribution >= 0.6 is 0 Å². The van der Waals surface area contributed by atoms with Crippen LogP contribution in [0.5, 0.6) is 5.75 Å². The Balaban J connectivity index is 1.50. The van der Waals surface area contributed by atoms with Crippen LogP contribution in [0.2, 0.25) is 0 Å². The van der Waals surface area contributed by atoms with E-state index in [1.54, 1.807) is 24.2 Å². The Hall–Kier alpha value is -4.20. The van der Waals surface area contributed by atoms with Crippen molar-refractivity contribution in [2.75, 3.05) is 7.11 Å². The zero-order valence-electron chi connectivity index (χ0n) is 18.1. The molecule has 0 spiro atoms. The maximum Gasteiger partial charge on any atom is 0.192 e. The quantitative estimate of drug-likeness (QED) is 0.300. The van der Waals surface area contributed by atoms with E-state index in [2.05, 4.69) is 33.7 Å². The van der Waals surface area contributed by atoms with Gasteiger partial charge in [-0.05, 0) is 37.1 Å². The first-order valence-electron chi connectivity index (χ1n) is 10.2. The largest absolute Gasteiger partial charge is 0.497 e. The number of oxime groups is 1. The summed E-state index contributed by atoms with van der Waals surface area (Å²) in [6.45, 7) is 4.32. The zero-order valence-corrected chi connectivity index (χ0v) is 18.1. The minimum absolute atomic E-state index is 0.168. The summed E-state index contributed by atoms with van der Waals surface area (Å²) in [6, 6.07) is 17.7. The van der Waals surface area contributed by atoms with Crippen molar-refractivity contribution in [3.05, 3.63) is 83.6 Å². The zero-order chi connectivity index (χ0) is 22.1. The smallest absolute Gasteiger partial charge is 0.192 e. The molecular weight excluding hydrogens is 404 g/mol. The lowest BCUT2D eigenvalue weighted by molar-refractivity contribution is 0.126. The van der Waals surface area contributed by atoms with Gasteiger partial charge in [0.25, 0.3) is 0 Å². The van der Waals surface area contributed by atoms with Gasteiger partial charge in [-0.2, -0.15) is 0 Å². The van der Waals surface area contributed by atoms with Crippen LogP contribution < -0.4 is 4.74 Å². The Morgan fingerprint density at radius 3 is 2.69 bits per heavy atom. The predicted molar refractivity (Wildman–Crippen MR) is 122 cm³/mol. The van der Waals surface area contributed by atoms with Crippen molar-refractivity contribution in [3.8, 4) is 11.4 Å². The van der Waals surface area contributed by atoms with Gasteiger partial charge in [0.2, 0.25) is 0 Å². The molecule has 0 atom stereocenters. The molecule has 5 aromatic rings. The Morgan fingerprint density at radius 2 is 1.88 bits per heavy atom. The maximum atomic E-state index is 5.41. The molecule has 3 aromatic heterocycles. The molecule has 0 fully saturated rings. The minimum atomic E-state index is 0.168. The van der Waals surface area contributed by atoms with E-state index in [9.17, 15) is 0 Å². The number of hydrogen-bond acceptors (Lipinski definition) is 6. The van der Waals surface area contributed by atoms with Gasteiger partial charge < -0.3 is 9.57 Å². The lowest BCUT2D eigenvalue weighted by Gasteiger charge is -2.09. The summed E-state index contributed by atoms with van der Waals surface area (Å²) in [7, 11) is 1.66. The highest BCUT2D eigenvalue weighted by Crippen LogP contribution is 2.30. The summed E-state index contributed by atoms with van der Waals surface area (Å²) in [5.74, 6) is 1.33. The van der Waals surface area contributed by atoms with Gasteiger partial charge in [-0.15, -0.1) is 5.10 Å². The van der Waals surface area contributed by atoms with E-state index in [1.165, 1.54) is 0 Å². The lowest BCUT2D eigenvalue weighted by atomic mass is 10.2. The van der Waals surface area contributed by atoms with E-state index in [4.69, 9.17) is 14.6 Å². The van der Waals surface area contributed by atoms with Crippen molar-refractivity contribution in [3.63, 3.8) is 0 Å². The van der Waals surface area contributed by atoms with Gasteiger partial charge in [0.15, 0.2) is 23.7 Å². The normalized spacial score (nSPS) is 11.6. The molecule has 0 N–H and O–H groups in total. The first kappa shape index (κ1) is 19.7. The molecule has 0 radical (unpaired) electrons. The molecule has 0 amide bonds. The van der Waals surface area contributed by atoms with Crippen molar-refractivity contribution < 1.29 is 9.57 Å². The van der Waals surface area contributed by atoms with Crippen molar-refractivity contribution in [2.24, 2.45) is 5.16 Å². The maximum absolute atomic E-state index is 5.41.